The Labute approximate surface area is 126 Å². The van der Waals surface area contributed by atoms with E-state index in [2.05, 4.69) is 6.92 Å². The molecule has 1 aliphatic carbocycles. The number of carbonyl (C=O) groups excluding carboxylic acids is 1. The van der Waals surface area contributed by atoms with Crippen LogP contribution in [-0.4, -0.2) is 17.1 Å². The summed E-state index contributed by atoms with van der Waals surface area (Å²) in [4.78, 5) is 24.6. The Kier molecular flexibility index (Phi) is 4.86. The molecule has 116 valence electrons. The number of aromatic nitrogens is 1. The predicted molar refractivity (Wildman–Crippen MR) is 82.8 cm³/mol. The lowest BCUT2D eigenvalue weighted by molar-refractivity contribution is 0.0522. The summed E-state index contributed by atoms with van der Waals surface area (Å²) < 4.78 is 6.97. The molecule has 2 atom stereocenters. The normalized spacial score (nSPS) is 22.1. The second-order valence-corrected chi connectivity index (χ2v) is 6.05. The number of nitrogens with zero attached hydrogens (tertiary/aromatic N) is 1. The molecule has 0 amide bonds. The molecule has 1 heterocycles. The first kappa shape index (κ1) is 15.8. The van der Waals surface area contributed by atoms with Gasteiger partial charge in [-0.2, -0.15) is 0 Å². The third-order valence-corrected chi connectivity index (χ3v) is 4.57. The highest BCUT2D eigenvalue weighted by atomic mass is 16.5. The van der Waals surface area contributed by atoms with Gasteiger partial charge in [0.15, 0.2) is 0 Å². The van der Waals surface area contributed by atoms with E-state index < -0.39 is 0 Å². The molecule has 2 unspecified atom stereocenters. The van der Waals surface area contributed by atoms with Crippen molar-refractivity contribution in [2.24, 2.45) is 5.92 Å². The molecule has 1 aliphatic rings. The van der Waals surface area contributed by atoms with E-state index in [9.17, 15) is 9.59 Å². The number of rotatable bonds is 3. The van der Waals surface area contributed by atoms with E-state index in [1.807, 2.05) is 11.5 Å². The van der Waals surface area contributed by atoms with Crippen LogP contribution in [0, 0.1) is 19.8 Å². The molecule has 1 aromatic heterocycles. The lowest BCUT2D eigenvalue weighted by Crippen LogP contribution is -2.34. The van der Waals surface area contributed by atoms with Crippen LogP contribution in [0.1, 0.15) is 67.2 Å². The van der Waals surface area contributed by atoms with Crippen LogP contribution in [0.4, 0.5) is 0 Å². The molecule has 0 N–H and O–H groups in total. The van der Waals surface area contributed by atoms with Crippen LogP contribution in [0.5, 0.6) is 0 Å². The molecule has 0 bridgehead atoms. The molecule has 1 saturated carbocycles. The van der Waals surface area contributed by atoms with Crippen molar-refractivity contribution in [1.82, 2.24) is 4.57 Å². The molecule has 0 aliphatic heterocycles. The summed E-state index contributed by atoms with van der Waals surface area (Å²) in [6.07, 6.45) is 4.51. The molecule has 4 heteroatoms. The minimum Gasteiger partial charge on any atom is -0.462 e. The summed E-state index contributed by atoms with van der Waals surface area (Å²) in [6.45, 7) is 8.00. The standard InChI is InChI=1S/C17H25NO3/c1-5-21-17(20)16-12(3)10-15(19)18(13(16)4)14-9-7-6-8-11(14)2/h10-11,14H,5-9H2,1-4H3. The van der Waals surface area contributed by atoms with Crippen molar-refractivity contribution < 1.29 is 9.53 Å². The quantitative estimate of drug-likeness (QED) is 0.802. The maximum atomic E-state index is 12.4. The van der Waals surface area contributed by atoms with Gasteiger partial charge in [-0.3, -0.25) is 4.79 Å². The predicted octanol–water partition coefficient (Wildman–Crippen LogP) is 3.39. The summed E-state index contributed by atoms with van der Waals surface area (Å²) in [5, 5.41) is 0. The summed E-state index contributed by atoms with van der Waals surface area (Å²) >= 11 is 0. The number of hydrogen-bond donors (Lipinski definition) is 0. The van der Waals surface area contributed by atoms with Gasteiger partial charge in [0, 0.05) is 17.8 Å². The van der Waals surface area contributed by atoms with Crippen LogP contribution in [0.3, 0.4) is 0 Å². The number of aryl methyl sites for hydroxylation is 1. The van der Waals surface area contributed by atoms with Crippen molar-refractivity contribution in [2.75, 3.05) is 6.61 Å². The molecule has 0 spiro atoms. The zero-order valence-electron chi connectivity index (χ0n) is 13.4. The molecular formula is C17H25NO3. The van der Waals surface area contributed by atoms with Crippen LogP contribution >= 0.6 is 0 Å². The highest BCUT2D eigenvalue weighted by molar-refractivity contribution is 5.92. The van der Waals surface area contributed by atoms with Gasteiger partial charge in [0.2, 0.25) is 0 Å². The van der Waals surface area contributed by atoms with Gasteiger partial charge < -0.3 is 9.30 Å². The summed E-state index contributed by atoms with van der Waals surface area (Å²) in [7, 11) is 0. The zero-order chi connectivity index (χ0) is 15.6. The van der Waals surface area contributed by atoms with Crippen LogP contribution in [-0.2, 0) is 4.74 Å². The Morgan fingerprint density at radius 2 is 2.00 bits per heavy atom. The number of hydrogen-bond acceptors (Lipinski definition) is 3. The van der Waals surface area contributed by atoms with Gasteiger partial charge in [-0.25, -0.2) is 4.79 Å². The summed E-state index contributed by atoms with van der Waals surface area (Å²) in [5.74, 6) is 0.137. The van der Waals surface area contributed by atoms with Gasteiger partial charge in [-0.05, 0) is 45.1 Å². The highest BCUT2D eigenvalue weighted by Crippen LogP contribution is 2.34. The van der Waals surface area contributed by atoms with Crippen molar-refractivity contribution in [2.45, 2.75) is 59.4 Å². The van der Waals surface area contributed by atoms with E-state index in [4.69, 9.17) is 4.74 Å². The number of pyridine rings is 1. The maximum Gasteiger partial charge on any atom is 0.340 e. The van der Waals surface area contributed by atoms with E-state index in [-0.39, 0.29) is 17.6 Å². The SMILES string of the molecule is CCOC(=O)c1c(C)cc(=O)n(C2CCCCC2C)c1C. The fourth-order valence-electron chi connectivity index (χ4n) is 3.50. The van der Waals surface area contributed by atoms with Gasteiger partial charge >= 0.3 is 5.97 Å². The third-order valence-electron chi connectivity index (χ3n) is 4.57. The van der Waals surface area contributed by atoms with E-state index in [0.717, 1.165) is 25.0 Å². The molecule has 4 nitrogen and oxygen atoms in total. The first-order valence-corrected chi connectivity index (χ1v) is 7.87. The first-order chi connectivity index (χ1) is 9.97. The third kappa shape index (κ3) is 3.04. The average molecular weight is 291 g/mol. The van der Waals surface area contributed by atoms with Gasteiger partial charge in [-0.1, -0.05) is 19.8 Å². The highest BCUT2D eigenvalue weighted by Gasteiger charge is 2.27. The monoisotopic (exact) mass is 291 g/mol. The molecule has 21 heavy (non-hydrogen) atoms. The Hall–Kier alpha value is -1.58. The minimum absolute atomic E-state index is 0.00296. The smallest absolute Gasteiger partial charge is 0.340 e. The van der Waals surface area contributed by atoms with Crippen molar-refractivity contribution >= 4 is 5.97 Å². The van der Waals surface area contributed by atoms with E-state index in [0.29, 0.717) is 23.7 Å². The van der Waals surface area contributed by atoms with Gasteiger partial charge in [-0.15, -0.1) is 0 Å². The lowest BCUT2D eigenvalue weighted by atomic mass is 9.85. The summed E-state index contributed by atoms with van der Waals surface area (Å²) in [5.41, 5.74) is 2.00. The molecule has 2 rings (SSSR count). The topological polar surface area (TPSA) is 48.3 Å². The number of ether oxygens (including phenoxy) is 1. The minimum atomic E-state index is -0.329. The largest absolute Gasteiger partial charge is 0.462 e. The first-order valence-electron chi connectivity index (χ1n) is 7.87. The number of esters is 1. The second kappa shape index (κ2) is 6.46. The van der Waals surface area contributed by atoms with Crippen molar-refractivity contribution in [3.63, 3.8) is 0 Å². The number of carbonyl (C=O) groups is 1. The Morgan fingerprint density at radius 3 is 2.62 bits per heavy atom. The lowest BCUT2D eigenvalue weighted by Gasteiger charge is -2.32. The van der Waals surface area contributed by atoms with Gasteiger partial charge in [0.25, 0.3) is 5.56 Å². The van der Waals surface area contributed by atoms with Gasteiger partial charge in [0.1, 0.15) is 0 Å². The van der Waals surface area contributed by atoms with Crippen molar-refractivity contribution in [1.29, 1.82) is 0 Å². The molecule has 0 radical (unpaired) electrons. The van der Waals surface area contributed by atoms with Crippen LogP contribution in [0.2, 0.25) is 0 Å². The Morgan fingerprint density at radius 1 is 1.33 bits per heavy atom. The van der Waals surface area contributed by atoms with Crippen LogP contribution in [0.15, 0.2) is 10.9 Å². The van der Waals surface area contributed by atoms with E-state index in [1.54, 1.807) is 19.9 Å². The second-order valence-electron chi connectivity index (χ2n) is 6.05. The fraction of sp³-hybridized carbons (Fsp3) is 0.647. The van der Waals surface area contributed by atoms with Crippen LogP contribution < -0.4 is 5.56 Å². The average Bonchev–Trinajstić information content (AvgIpc) is 2.40. The van der Waals surface area contributed by atoms with E-state index in [1.165, 1.54) is 6.42 Å². The fourth-order valence-corrected chi connectivity index (χ4v) is 3.50. The molecule has 1 aromatic rings. The zero-order valence-corrected chi connectivity index (χ0v) is 13.4. The Balaban J connectivity index is 2.53. The molecule has 0 saturated heterocycles. The van der Waals surface area contributed by atoms with Crippen LogP contribution in [0.25, 0.3) is 0 Å². The summed E-state index contributed by atoms with van der Waals surface area (Å²) in [6, 6.07) is 1.76. The van der Waals surface area contributed by atoms with E-state index >= 15 is 0 Å². The molecular weight excluding hydrogens is 266 g/mol. The van der Waals surface area contributed by atoms with Gasteiger partial charge in [0.05, 0.1) is 12.2 Å². The molecule has 0 aromatic carbocycles. The molecule has 1 fully saturated rings. The Bertz CT molecular complexity index is 588. The van der Waals surface area contributed by atoms with Crippen molar-refractivity contribution in [3.05, 3.63) is 33.2 Å². The maximum absolute atomic E-state index is 12.4. The van der Waals surface area contributed by atoms with Crippen molar-refractivity contribution in [3.8, 4) is 0 Å².